The third kappa shape index (κ3) is 1.95. The lowest BCUT2D eigenvalue weighted by Gasteiger charge is -2.23. The SMILES string of the molecule is Fc1ccnn1CC1C=CC=CC1(F)F. The Hall–Kier alpha value is -1.52. The van der Waals surface area contributed by atoms with E-state index in [2.05, 4.69) is 5.10 Å². The van der Waals surface area contributed by atoms with Gasteiger partial charge in [-0.2, -0.15) is 9.49 Å². The topological polar surface area (TPSA) is 17.8 Å². The molecule has 1 heterocycles. The summed E-state index contributed by atoms with van der Waals surface area (Å²) in [6.45, 7) is -0.160. The van der Waals surface area contributed by atoms with E-state index in [0.717, 1.165) is 16.8 Å². The zero-order valence-electron chi connectivity index (χ0n) is 7.78. The van der Waals surface area contributed by atoms with Crippen molar-refractivity contribution >= 4 is 0 Å². The molecule has 0 spiro atoms. The molecule has 0 N–H and O–H groups in total. The van der Waals surface area contributed by atoms with Crippen LogP contribution in [0.3, 0.4) is 0 Å². The van der Waals surface area contributed by atoms with Gasteiger partial charge in [0.25, 0.3) is 5.92 Å². The van der Waals surface area contributed by atoms with Gasteiger partial charge in [-0.1, -0.05) is 18.2 Å². The number of rotatable bonds is 2. The number of nitrogens with zero attached hydrogens (tertiary/aromatic N) is 2. The molecule has 0 aromatic carbocycles. The largest absolute Gasteiger partial charge is 0.274 e. The van der Waals surface area contributed by atoms with Crippen molar-refractivity contribution in [1.29, 1.82) is 0 Å². The van der Waals surface area contributed by atoms with Gasteiger partial charge < -0.3 is 0 Å². The second-order valence-electron chi connectivity index (χ2n) is 3.36. The van der Waals surface area contributed by atoms with Gasteiger partial charge in [0, 0.05) is 6.07 Å². The number of hydrogen-bond donors (Lipinski definition) is 0. The van der Waals surface area contributed by atoms with Crippen molar-refractivity contribution in [3.8, 4) is 0 Å². The molecule has 80 valence electrons. The van der Waals surface area contributed by atoms with Crippen LogP contribution in [0.15, 0.2) is 36.6 Å². The summed E-state index contributed by atoms with van der Waals surface area (Å²) >= 11 is 0. The summed E-state index contributed by atoms with van der Waals surface area (Å²) in [4.78, 5) is 0. The average Bonchev–Trinajstić information content (AvgIpc) is 2.56. The predicted octanol–water partition coefficient (Wildman–Crippen LogP) is 2.40. The van der Waals surface area contributed by atoms with Gasteiger partial charge >= 0.3 is 0 Å². The molecule has 1 aromatic rings. The van der Waals surface area contributed by atoms with Crippen molar-refractivity contribution in [2.24, 2.45) is 5.92 Å². The molecule has 0 amide bonds. The molecule has 1 aromatic heterocycles. The molecule has 1 atom stereocenters. The fraction of sp³-hybridized carbons (Fsp3) is 0.300. The summed E-state index contributed by atoms with van der Waals surface area (Å²) < 4.78 is 40.5. The van der Waals surface area contributed by atoms with E-state index in [-0.39, 0.29) is 6.54 Å². The number of aromatic nitrogens is 2. The van der Waals surface area contributed by atoms with Crippen LogP contribution in [0.4, 0.5) is 13.2 Å². The maximum atomic E-state index is 13.3. The fourth-order valence-corrected chi connectivity index (χ4v) is 1.45. The second kappa shape index (κ2) is 3.56. The Labute approximate surface area is 84.7 Å². The van der Waals surface area contributed by atoms with E-state index in [0.29, 0.717) is 0 Å². The number of alkyl halides is 2. The van der Waals surface area contributed by atoms with Crippen LogP contribution in [0.1, 0.15) is 0 Å². The van der Waals surface area contributed by atoms with Crippen LogP contribution in [0.2, 0.25) is 0 Å². The van der Waals surface area contributed by atoms with Gasteiger partial charge in [0.1, 0.15) is 0 Å². The summed E-state index contributed by atoms with van der Waals surface area (Å²) in [5.74, 6) is -4.58. The first-order valence-corrected chi connectivity index (χ1v) is 4.51. The Kier molecular flexibility index (Phi) is 2.38. The minimum atomic E-state index is -2.94. The zero-order chi connectivity index (χ0) is 10.9. The molecule has 0 bridgehead atoms. The molecule has 1 unspecified atom stereocenters. The molecule has 1 aliphatic rings. The van der Waals surface area contributed by atoms with Crippen molar-refractivity contribution in [2.45, 2.75) is 12.5 Å². The van der Waals surface area contributed by atoms with Gasteiger partial charge in [-0.05, 0) is 6.08 Å². The normalized spacial score (nSPS) is 23.3. The van der Waals surface area contributed by atoms with Crippen molar-refractivity contribution in [2.75, 3.05) is 0 Å². The van der Waals surface area contributed by atoms with Crippen LogP contribution in [0.25, 0.3) is 0 Å². The number of allylic oxidation sites excluding steroid dienone is 4. The molecule has 2 nitrogen and oxygen atoms in total. The monoisotopic (exact) mass is 214 g/mol. The highest BCUT2D eigenvalue weighted by atomic mass is 19.3. The van der Waals surface area contributed by atoms with Gasteiger partial charge in [0.15, 0.2) is 0 Å². The van der Waals surface area contributed by atoms with E-state index >= 15 is 0 Å². The third-order valence-corrected chi connectivity index (χ3v) is 2.30. The lowest BCUT2D eigenvalue weighted by Crippen LogP contribution is -2.30. The molecule has 0 saturated carbocycles. The van der Waals surface area contributed by atoms with Gasteiger partial charge in [0.05, 0.1) is 18.7 Å². The summed E-state index contributed by atoms with van der Waals surface area (Å²) in [5, 5.41) is 3.63. The highest BCUT2D eigenvalue weighted by Crippen LogP contribution is 2.31. The zero-order valence-corrected chi connectivity index (χ0v) is 7.78. The average molecular weight is 214 g/mol. The first kappa shape index (κ1) is 10.0. The van der Waals surface area contributed by atoms with Crippen LogP contribution >= 0.6 is 0 Å². The quantitative estimate of drug-likeness (QED) is 0.739. The van der Waals surface area contributed by atoms with Gasteiger partial charge in [-0.15, -0.1) is 0 Å². The Bertz CT molecular complexity index is 407. The molecule has 0 saturated heterocycles. The van der Waals surface area contributed by atoms with E-state index in [1.165, 1.54) is 24.4 Å². The molecule has 0 radical (unpaired) electrons. The predicted molar refractivity (Wildman–Crippen MR) is 48.9 cm³/mol. The lowest BCUT2D eigenvalue weighted by atomic mass is 9.97. The Balaban J connectivity index is 2.16. The third-order valence-electron chi connectivity index (χ3n) is 2.30. The molecule has 15 heavy (non-hydrogen) atoms. The van der Waals surface area contributed by atoms with E-state index in [4.69, 9.17) is 0 Å². The summed E-state index contributed by atoms with van der Waals surface area (Å²) in [7, 11) is 0. The maximum absolute atomic E-state index is 13.3. The molecule has 5 heteroatoms. The second-order valence-corrected chi connectivity index (χ2v) is 3.36. The minimum absolute atomic E-state index is 0.160. The first-order chi connectivity index (χ1) is 7.09. The highest BCUT2D eigenvalue weighted by molar-refractivity contribution is 5.18. The van der Waals surface area contributed by atoms with Crippen LogP contribution < -0.4 is 0 Å². The van der Waals surface area contributed by atoms with Gasteiger partial charge in [0.2, 0.25) is 5.95 Å². The van der Waals surface area contributed by atoms with Crippen LogP contribution in [0, 0.1) is 11.9 Å². The fourth-order valence-electron chi connectivity index (χ4n) is 1.45. The van der Waals surface area contributed by atoms with Crippen molar-refractivity contribution in [1.82, 2.24) is 9.78 Å². The Morgan fingerprint density at radius 1 is 1.40 bits per heavy atom. The number of hydrogen-bond acceptors (Lipinski definition) is 1. The van der Waals surface area contributed by atoms with E-state index in [1.54, 1.807) is 0 Å². The van der Waals surface area contributed by atoms with E-state index in [9.17, 15) is 13.2 Å². The molecule has 0 aliphatic heterocycles. The Morgan fingerprint density at radius 2 is 2.20 bits per heavy atom. The molecule has 1 aliphatic carbocycles. The first-order valence-electron chi connectivity index (χ1n) is 4.51. The standard InChI is InChI=1S/C10H9F3N2/c11-9-4-6-14-15(9)7-8-3-1-2-5-10(8,12)13/h1-6,8H,7H2. The molecule has 0 fully saturated rings. The molecule has 2 rings (SSSR count). The van der Waals surface area contributed by atoms with Gasteiger partial charge in [-0.3, -0.25) is 0 Å². The minimum Gasteiger partial charge on any atom is -0.239 e. The number of halogens is 3. The summed E-state index contributed by atoms with van der Waals surface area (Å²) in [6.07, 6.45) is 6.25. The smallest absolute Gasteiger partial charge is 0.239 e. The van der Waals surface area contributed by atoms with E-state index < -0.39 is 17.8 Å². The van der Waals surface area contributed by atoms with E-state index in [1.807, 2.05) is 0 Å². The van der Waals surface area contributed by atoms with Crippen LogP contribution in [-0.2, 0) is 6.54 Å². The molecular formula is C10H9F3N2. The van der Waals surface area contributed by atoms with Crippen LogP contribution in [0.5, 0.6) is 0 Å². The van der Waals surface area contributed by atoms with Crippen molar-refractivity contribution in [3.63, 3.8) is 0 Å². The summed E-state index contributed by atoms with van der Waals surface area (Å²) in [6, 6.07) is 1.14. The maximum Gasteiger partial charge on any atom is 0.274 e. The summed E-state index contributed by atoms with van der Waals surface area (Å²) in [5.41, 5.74) is 0. The van der Waals surface area contributed by atoms with Crippen molar-refractivity contribution < 1.29 is 13.2 Å². The van der Waals surface area contributed by atoms with Gasteiger partial charge in [-0.25, -0.2) is 13.5 Å². The highest BCUT2D eigenvalue weighted by Gasteiger charge is 2.36. The van der Waals surface area contributed by atoms with Crippen LogP contribution in [-0.4, -0.2) is 15.7 Å². The molecular weight excluding hydrogens is 205 g/mol. The van der Waals surface area contributed by atoms with Crippen molar-refractivity contribution in [3.05, 3.63) is 42.5 Å². The lowest BCUT2D eigenvalue weighted by molar-refractivity contribution is 0.000355. The Morgan fingerprint density at radius 3 is 2.80 bits per heavy atom.